The molecule has 0 bridgehead atoms. The average molecular weight is 230 g/mol. The number of esters is 1. The number of rotatable bonds is 3. The van der Waals surface area contributed by atoms with E-state index in [0.717, 1.165) is 24.0 Å². The fraction of sp³-hybridized carbons (Fsp3) is 0.357. The minimum atomic E-state index is -1.11. The molecule has 3 nitrogen and oxygen atoms in total. The van der Waals surface area contributed by atoms with Gasteiger partial charge in [0.05, 0.1) is 7.11 Å². The van der Waals surface area contributed by atoms with Gasteiger partial charge in [-0.3, -0.25) is 0 Å². The van der Waals surface area contributed by atoms with Crippen molar-refractivity contribution in [2.75, 3.05) is 7.11 Å². The first kappa shape index (κ1) is 11.7. The molecule has 1 aliphatic carbocycles. The quantitative estimate of drug-likeness (QED) is 0.627. The molecule has 88 valence electrons. The van der Waals surface area contributed by atoms with Crippen molar-refractivity contribution in [3.8, 4) is 12.3 Å². The second-order valence-electron chi connectivity index (χ2n) is 4.31. The average Bonchev–Trinajstić information content (AvgIpc) is 3.18. The maximum atomic E-state index is 11.4. The highest BCUT2D eigenvalue weighted by Crippen LogP contribution is 2.51. The molecule has 0 aromatic heterocycles. The Morgan fingerprint density at radius 1 is 1.59 bits per heavy atom. The van der Waals surface area contributed by atoms with Crippen molar-refractivity contribution in [1.82, 2.24) is 0 Å². The van der Waals surface area contributed by atoms with E-state index in [9.17, 15) is 9.90 Å². The van der Waals surface area contributed by atoms with Crippen molar-refractivity contribution in [3.63, 3.8) is 0 Å². The van der Waals surface area contributed by atoms with Crippen LogP contribution < -0.4 is 0 Å². The van der Waals surface area contributed by atoms with Crippen molar-refractivity contribution < 1.29 is 14.6 Å². The van der Waals surface area contributed by atoms with Crippen LogP contribution in [0.1, 0.15) is 24.0 Å². The highest BCUT2D eigenvalue weighted by Gasteiger charge is 2.53. The van der Waals surface area contributed by atoms with Gasteiger partial charge in [0.1, 0.15) is 0 Å². The number of ether oxygens (including phenoxy) is 1. The zero-order chi connectivity index (χ0) is 12.5. The second-order valence-corrected chi connectivity index (χ2v) is 4.31. The van der Waals surface area contributed by atoms with E-state index >= 15 is 0 Å². The monoisotopic (exact) mass is 230 g/mol. The molecule has 0 spiro atoms. The summed E-state index contributed by atoms with van der Waals surface area (Å²) < 4.78 is 4.59. The fourth-order valence-corrected chi connectivity index (χ4v) is 2.11. The number of hydrogen-bond acceptors (Lipinski definition) is 3. The normalized spacial score (nSPS) is 17.9. The lowest BCUT2D eigenvalue weighted by atomic mass is 9.89. The van der Waals surface area contributed by atoms with Gasteiger partial charge in [0.25, 0.3) is 0 Å². The number of aliphatic hydroxyl groups excluding tert-OH is 1. The summed E-state index contributed by atoms with van der Waals surface area (Å²) >= 11 is 0. The van der Waals surface area contributed by atoms with E-state index in [1.807, 2.05) is 24.3 Å². The van der Waals surface area contributed by atoms with Crippen LogP contribution in [0.3, 0.4) is 0 Å². The lowest BCUT2D eigenvalue weighted by Gasteiger charge is -2.20. The molecule has 1 aliphatic rings. The summed E-state index contributed by atoms with van der Waals surface area (Å²) in [4.78, 5) is 11.4. The summed E-state index contributed by atoms with van der Waals surface area (Å²) in [6.45, 7) is 0. The standard InChI is InChI=1S/C14H14O3/c1-3-10-5-4-6-11(9-10)14(7-8-14)12(15)13(16)17-2/h1,4-6,9,12,15H,7-8H2,2H3. The Kier molecular flexibility index (Phi) is 2.91. The summed E-state index contributed by atoms with van der Waals surface area (Å²) in [5, 5.41) is 10.00. The van der Waals surface area contributed by atoms with E-state index in [1.54, 1.807) is 0 Å². The first-order chi connectivity index (χ1) is 8.14. The van der Waals surface area contributed by atoms with E-state index in [4.69, 9.17) is 6.42 Å². The van der Waals surface area contributed by atoms with Crippen LogP contribution in [-0.2, 0) is 14.9 Å². The summed E-state index contributed by atoms with van der Waals surface area (Å²) in [6.07, 6.45) is 5.78. The molecule has 0 heterocycles. The smallest absolute Gasteiger partial charge is 0.335 e. The van der Waals surface area contributed by atoms with E-state index in [0.29, 0.717) is 0 Å². The van der Waals surface area contributed by atoms with Gasteiger partial charge in [-0.25, -0.2) is 4.79 Å². The number of methoxy groups -OCH3 is 1. The van der Waals surface area contributed by atoms with E-state index in [-0.39, 0.29) is 0 Å². The minimum Gasteiger partial charge on any atom is -0.467 e. The van der Waals surface area contributed by atoms with Crippen LogP contribution >= 0.6 is 0 Å². The van der Waals surface area contributed by atoms with Gasteiger partial charge in [-0.05, 0) is 30.5 Å². The molecule has 0 saturated heterocycles. The SMILES string of the molecule is C#Cc1cccc(C2(C(O)C(=O)OC)CC2)c1. The van der Waals surface area contributed by atoms with Crippen molar-refractivity contribution in [3.05, 3.63) is 35.4 Å². The molecular weight excluding hydrogens is 216 g/mol. The zero-order valence-electron chi connectivity index (χ0n) is 9.64. The van der Waals surface area contributed by atoms with Crippen LogP contribution in [-0.4, -0.2) is 24.3 Å². The van der Waals surface area contributed by atoms with Crippen molar-refractivity contribution in [1.29, 1.82) is 0 Å². The van der Waals surface area contributed by atoms with Crippen LogP contribution in [0.2, 0.25) is 0 Å². The van der Waals surface area contributed by atoms with Gasteiger partial charge in [0.2, 0.25) is 0 Å². The summed E-state index contributed by atoms with van der Waals surface area (Å²) in [6, 6.07) is 7.40. The van der Waals surface area contributed by atoms with Crippen molar-refractivity contribution in [2.45, 2.75) is 24.4 Å². The predicted molar refractivity (Wildman–Crippen MR) is 63.3 cm³/mol. The molecule has 1 N–H and O–H groups in total. The van der Waals surface area contributed by atoms with Gasteiger partial charge >= 0.3 is 5.97 Å². The Morgan fingerprint density at radius 3 is 2.82 bits per heavy atom. The third kappa shape index (κ3) is 1.92. The molecule has 1 fully saturated rings. The predicted octanol–water partition coefficient (Wildman–Crippen LogP) is 1.23. The van der Waals surface area contributed by atoms with Crippen LogP contribution in [0, 0.1) is 12.3 Å². The molecule has 1 saturated carbocycles. The zero-order valence-corrected chi connectivity index (χ0v) is 9.64. The number of carbonyl (C=O) groups excluding carboxylic acids is 1. The third-order valence-electron chi connectivity index (χ3n) is 3.34. The summed E-state index contributed by atoms with van der Waals surface area (Å²) in [7, 11) is 1.28. The van der Waals surface area contributed by atoms with Crippen molar-refractivity contribution >= 4 is 5.97 Å². The van der Waals surface area contributed by atoms with Gasteiger partial charge < -0.3 is 9.84 Å². The number of carbonyl (C=O) groups is 1. The molecule has 0 radical (unpaired) electrons. The lowest BCUT2D eigenvalue weighted by molar-refractivity contribution is -0.152. The molecular formula is C14H14O3. The summed E-state index contributed by atoms with van der Waals surface area (Å²) in [5.41, 5.74) is 1.16. The van der Waals surface area contributed by atoms with Gasteiger partial charge in [0.15, 0.2) is 6.10 Å². The molecule has 1 aromatic rings. The van der Waals surface area contributed by atoms with Crippen LogP contribution in [0.15, 0.2) is 24.3 Å². The van der Waals surface area contributed by atoms with Gasteiger partial charge in [-0.1, -0.05) is 18.1 Å². The van der Waals surface area contributed by atoms with E-state index in [2.05, 4.69) is 10.7 Å². The topological polar surface area (TPSA) is 46.5 Å². The van der Waals surface area contributed by atoms with Gasteiger partial charge in [0, 0.05) is 11.0 Å². The number of hydrogen-bond donors (Lipinski definition) is 1. The highest BCUT2D eigenvalue weighted by molar-refractivity contribution is 5.77. The van der Waals surface area contributed by atoms with E-state index < -0.39 is 17.5 Å². The molecule has 1 atom stereocenters. The Balaban J connectivity index is 2.33. The molecule has 2 rings (SSSR count). The van der Waals surface area contributed by atoms with Gasteiger partial charge in [-0.15, -0.1) is 6.42 Å². The largest absolute Gasteiger partial charge is 0.467 e. The minimum absolute atomic E-state index is 0.500. The Bertz CT molecular complexity index is 480. The third-order valence-corrected chi connectivity index (χ3v) is 3.34. The lowest BCUT2D eigenvalue weighted by Crippen LogP contribution is -2.35. The number of benzene rings is 1. The molecule has 0 amide bonds. The van der Waals surface area contributed by atoms with E-state index in [1.165, 1.54) is 7.11 Å². The fourth-order valence-electron chi connectivity index (χ4n) is 2.11. The number of aliphatic hydroxyl groups is 1. The first-order valence-electron chi connectivity index (χ1n) is 5.47. The van der Waals surface area contributed by atoms with Crippen molar-refractivity contribution in [2.24, 2.45) is 0 Å². The molecule has 17 heavy (non-hydrogen) atoms. The van der Waals surface area contributed by atoms with Gasteiger partial charge in [-0.2, -0.15) is 0 Å². The van der Waals surface area contributed by atoms with Crippen LogP contribution in [0.25, 0.3) is 0 Å². The maximum Gasteiger partial charge on any atom is 0.335 e. The Labute approximate surface area is 100 Å². The molecule has 1 unspecified atom stereocenters. The molecule has 0 aliphatic heterocycles. The molecule has 3 heteroatoms. The van der Waals surface area contributed by atoms with Crippen LogP contribution in [0.5, 0.6) is 0 Å². The molecule has 1 aromatic carbocycles. The Hall–Kier alpha value is -1.79. The Morgan fingerprint density at radius 2 is 2.29 bits per heavy atom. The first-order valence-corrected chi connectivity index (χ1v) is 5.47. The highest BCUT2D eigenvalue weighted by atomic mass is 16.5. The maximum absolute atomic E-state index is 11.4. The number of terminal acetylenes is 1. The second kappa shape index (κ2) is 4.23. The van der Waals surface area contributed by atoms with Crippen LogP contribution in [0.4, 0.5) is 0 Å². The summed E-state index contributed by atoms with van der Waals surface area (Å²) in [5.74, 6) is 1.96.